The zero-order valence-electron chi connectivity index (χ0n) is 10.4. The van der Waals surface area contributed by atoms with Gasteiger partial charge in [-0.1, -0.05) is 22.0 Å². The molecule has 102 valence electrons. The Morgan fingerprint density at radius 2 is 1.95 bits per heavy atom. The van der Waals surface area contributed by atoms with Gasteiger partial charge in [0.1, 0.15) is 11.5 Å². The van der Waals surface area contributed by atoms with Gasteiger partial charge < -0.3 is 4.98 Å². The van der Waals surface area contributed by atoms with E-state index >= 15 is 0 Å². The van der Waals surface area contributed by atoms with Crippen molar-refractivity contribution >= 4 is 39.2 Å². The van der Waals surface area contributed by atoms with Gasteiger partial charge in [0.15, 0.2) is 10.6 Å². The van der Waals surface area contributed by atoms with Crippen LogP contribution in [0.15, 0.2) is 34.8 Å². The third kappa shape index (κ3) is 1.99. The number of benzene rings is 2. The van der Waals surface area contributed by atoms with Gasteiger partial charge in [-0.3, -0.25) is 4.57 Å². The van der Waals surface area contributed by atoms with Crippen molar-refractivity contribution in [2.75, 3.05) is 0 Å². The topological polar surface area (TPSA) is 20.7 Å². The Balaban J connectivity index is 2.47. The van der Waals surface area contributed by atoms with Crippen LogP contribution in [0.25, 0.3) is 16.7 Å². The number of rotatable bonds is 1. The highest BCUT2D eigenvalue weighted by Crippen LogP contribution is 2.27. The Bertz CT molecular complexity index is 883. The van der Waals surface area contributed by atoms with E-state index in [4.69, 9.17) is 12.2 Å². The van der Waals surface area contributed by atoms with Gasteiger partial charge in [0.2, 0.25) is 0 Å². The number of aromatic nitrogens is 2. The Kier molecular flexibility index (Phi) is 3.22. The molecular weight excluding hydrogens is 346 g/mol. The van der Waals surface area contributed by atoms with Crippen LogP contribution in [0, 0.1) is 23.3 Å². The number of imidazole rings is 1. The van der Waals surface area contributed by atoms with Crippen LogP contribution in [0.4, 0.5) is 8.78 Å². The molecule has 1 aromatic heterocycles. The molecule has 1 N–H and O–H groups in total. The van der Waals surface area contributed by atoms with Gasteiger partial charge in [-0.2, -0.15) is 0 Å². The van der Waals surface area contributed by atoms with Gasteiger partial charge >= 0.3 is 0 Å². The van der Waals surface area contributed by atoms with Crippen molar-refractivity contribution in [3.8, 4) is 5.69 Å². The summed E-state index contributed by atoms with van der Waals surface area (Å²) in [6.45, 7) is 1.59. The third-order valence-electron chi connectivity index (χ3n) is 3.13. The Morgan fingerprint density at radius 1 is 1.20 bits per heavy atom. The molecule has 0 saturated heterocycles. The number of hydrogen-bond acceptors (Lipinski definition) is 1. The molecule has 6 heteroatoms. The average Bonchev–Trinajstić information content (AvgIpc) is 2.71. The molecule has 0 aliphatic heterocycles. The van der Waals surface area contributed by atoms with Crippen LogP contribution in [0.5, 0.6) is 0 Å². The second-order valence-electron chi connectivity index (χ2n) is 4.45. The molecule has 2 nitrogen and oxygen atoms in total. The average molecular weight is 355 g/mol. The minimum atomic E-state index is -0.648. The Hall–Kier alpha value is -1.53. The van der Waals surface area contributed by atoms with E-state index in [1.165, 1.54) is 16.7 Å². The van der Waals surface area contributed by atoms with Gasteiger partial charge in [0.05, 0.1) is 11.0 Å². The lowest BCUT2D eigenvalue weighted by Crippen LogP contribution is -2.03. The van der Waals surface area contributed by atoms with Crippen LogP contribution in [-0.2, 0) is 0 Å². The SMILES string of the molecule is Cc1ccc(F)c(-n2c(=S)[nH]c3ccc(Br)cc32)c1F. The van der Waals surface area contributed by atoms with Crippen LogP contribution in [0.3, 0.4) is 0 Å². The maximum absolute atomic E-state index is 14.3. The fourth-order valence-electron chi connectivity index (χ4n) is 2.14. The van der Waals surface area contributed by atoms with Gasteiger partial charge in [0.25, 0.3) is 0 Å². The van der Waals surface area contributed by atoms with Gasteiger partial charge in [-0.25, -0.2) is 8.78 Å². The molecule has 1 heterocycles. The van der Waals surface area contributed by atoms with E-state index < -0.39 is 11.6 Å². The van der Waals surface area contributed by atoms with E-state index in [0.717, 1.165) is 9.99 Å². The second-order valence-corrected chi connectivity index (χ2v) is 5.76. The van der Waals surface area contributed by atoms with E-state index in [-0.39, 0.29) is 10.5 Å². The monoisotopic (exact) mass is 354 g/mol. The molecule has 20 heavy (non-hydrogen) atoms. The molecule has 0 aliphatic rings. The summed E-state index contributed by atoms with van der Waals surface area (Å²) in [4.78, 5) is 2.95. The maximum atomic E-state index is 14.3. The summed E-state index contributed by atoms with van der Waals surface area (Å²) >= 11 is 8.55. The highest BCUT2D eigenvalue weighted by atomic mass is 79.9. The van der Waals surface area contributed by atoms with Gasteiger partial charge in [-0.05, 0) is 49.0 Å². The molecule has 3 rings (SSSR count). The second kappa shape index (κ2) is 4.79. The fraction of sp³-hybridized carbons (Fsp3) is 0.0714. The van der Waals surface area contributed by atoms with Crippen LogP contribution in [0.1, 0.15) is 5.56 Å². The number of aryl methyl sites for hydroxylation is 1. The highest BCUT2D eigenvalue weighted by Gasteiger charge is 2.17. The van der Waals surface area contributed by atoms with Crippen LogP contribution in [-0.4, -0.2) is 9.55 Å². The molecule has 0 amide bonds. The van der Waals surface area contributed by atoms with Crippen molar-refractivity contribution in [2.24, 2.45) is 0 Å². The van der Waals surface area contributed by atoms with E-state index in [1.807, 2.05) is 6.07 Å². The largest absolute Gasteiger partial charge is 0.330 e. The predicted octanol–water partition coefficient (Wildman–Crippen LogP) is 5.04. The standard InChI is InChI=1S/C14H9BrF2N2S/c1-7-2-4-9(16)13(12(7)17)19-11-6-8(15)3-5-10(11)18-14(19)20/h2-6H,1H3,(H,18,20). The number of aromatic amines is 1. The van der Waals surface area contributed by atoms with Crippen molar-refractivity contribution in [3.05, 3.63) is 56.8 Å². The van der Waals surface area contributed by atoms with E-state index in [9.17, 15) is 8.78 Å². The van der Waals surface area contributed by atoms with Crippen molar-refractivity contribution in [1.29, 1.82) is 0 Å². The van der Waals surface area contributed by atoms with E-state index in [1.54, 1.807) is 19.1 Å². The summed E-state index contributed by atoms with van der Waals surface area (Å²) < 4.78 is 30.8. The number of H-pyrrole nitrogens is 1. The van der Waals surface area contributed by atoms with Gasteiger partial charge in [0, 0.05) is 4.47 Å². The van der Waals surface area contributed by atoms with E-state index in [0.29, 0.717) is 11.1 Å². The predicted molar refractivity (Wildman–Crippen MR) is 80.8 cm³/mol. The van der Waals surface area contributed by atoms with Crippen LogP contribution >= 0.6 is 28.1 Å². The molecule has 0 bridgehead atoms. The zero-order valence-corrected chi connectivity index (χ0v) is 12.8. The van der Waals surface area contributed by atoms with E-state index in [2.05, 4.69) is 20.9 Å². The molecule has 0 radical (unpaired) electrons. The van der Waals surface area contributed by atoms with Crippen molar-refractivity contribution in [1.82, 2.24) is 9.55 Å². The fourth-order valence-corrected chi connectivity index (χ4v) is 2.79. The number of nitrogens with zero attached hydrogens (tertiary/aromatic N) is 1. The first-order valence-electron chi connectivity index (χ1n) is 5.84. The van der Waals surface area contributed by atoms with Crippen LogP contribution in [0.2, 0.25) is 0 Å². The molecule has 0 atom stereocenters. The number of nitrogens with one attached hydrogen (secondary N) is 1. The first kappa shape index (κ1) is 13.5. The molecule has 0 unspecified atom stereocenters. The number of fused-ring (bicyclic) bond motifs is 1. The summed E-state index contributed by atoms with van der Waals surface area (Å²) in [5.41, 5.74) is 1.55. The first-order chi connectivity index (χ1) is 9.49. The van der Waals surface area contributed by atoms with Crippen molar-refractivity contribution in [3.63, 3.8) is 0 Å². The summed E-state index contributed by atoms with van der Waals surface area (Å²) in [6.07, 6.45) is 0. The minimum Gasteiger partial charge on any atom is -0.330 e. The van der Waals surface area contributed by atoms with Crippen molar-refractivity contribution < 1.29 is 8.78 Å². The first-order valence-corrected chi connectivity index (χ1v) is 7.04. The molecule has 0 fully saturated rings. The molecular formula is C14H9BrF2N2S. The Morgan fingerprint density at radius 3 is 2.70 bits per heavy atom. The molecule has 0 saturated carbocycles. The lowest BCUT2D eigenvalue weighted by molar-refractivity contribution is 0.564. The molecule has 0 aliphatic carbocycles. The lowest BCUT2D eigenvalue weighted by Gasteiger charge is -2.09. The maximum Gasteiger partial charge on any atom is 0.182 e. The lowest BCUT2D eigenvalue weighted by atomic mass is 10.2. The van der Waals surface area contributed by atoms with Gasteiger partial charge in [-0.15, -0.1) is 0 Å². The number of hydrogen-bond donors (Lipinski definition) is 1. The van der Waals surface area contributed by atoms with Crippen molar-refractivity contribution in [2.45, 2.75) is 6.92 Å². The highest BCUT2D eigenvalue weighted by molar-refractivity contribution is 9.10. The summed E-state index contributed by atoms with van der Waals surface area (Å²) in [5, 5.41) is 0. The normalized spacial score (nSPS) is 11.2. The number of halogens is 3. The third-order valence-corrected chi connectivity index (χ3v) is 3.91. The summed E-state index contributed by atoms with van der Waals surface area (Å²) in [5.74, 6) is -1.26. The quantitative estimate of drug-likeness (QED) is 0.607. The molecule has 2 aromatic carbocycles. The molecule has 3 aromatic rings. The Labute approximate surface area is 127 Å². The minimum absolute atomic E-state index is 0.153. The molecule has 0 spiro atoms. The van der Waals surface area contributed by atoms with Crippen LogP contribution < -0.4 is 0 Å². The summed E-state index contributed by atoms with van der Waals surface area (Å²) in [7, 11) is 0. The smallest absolute Gasteiger partial charge is 0.182 e. The zero-order chi connectivity index (χ0) is 14.4. The summed E-state index contributed by atoms with van der Waals surface area (Å²) in [6, 6.07) is 8.05.